The van der Waals surface area contributed by atoms with Gasteiger partial charge in [-0.15, -0.1) is 0 Å². The quantitative estimate of drug-likeness (QED) is 0.393. The molecule has 1 saturated heterocycles. The zero-order valence-electron chi connectivity index (χ0n) is 13.6. The Morgan fingerprint density at radius 2 is 1.42 bits per heavy atom. The van der Waals surface area contributed by atoms with E-state index < -0.39 is 60.4 Å². The molecule has 0 bridgehead atoms. The fraction of sp³-hybridized carbons (Fsp3) is 0.714. The zero-order chi connectivity index (χ0) is 18.0. The number of nitrogens with one attached hydrogen (secondary N) is 1. The molecule has 2 aliphatic rings. The Morgan fingerprint density at radius 3 is 1.92 bits per heavy atom. The molecule has 10 nitrogen and oxygen atoms in total. The molecule has 1 aliphatic heterocycles. The molecule has 1 amide bonds. The Morgan fingerprint density at radius 1 is 0.875 bits per heavy atom. The van der Waals surface area contributed by atoms with E-state index >= 15 is 0 Å². The van der Waals surface area contributed by atoms with Crippen molar-refractivity contribution in [1.29, 1.82) is 0 Å². The van der Waals surface area contributed by atoms with Crippen LogP contribution in [0, 0.1) is 5.92 Å². The maximum atomic E-state index is 12.2. The largest absolute Gasteiger partial charge is 0.469 e. The van der Waals surface area contributed by atoms with Crippen molar-refractivity contribution in [3.8, 4) is 0 Å². The highest BCUT2D eigenvalue weighted by molar-refractivity contribution is 5.78. The van der Waals surface area contributed by atoms with Crippen LogP contribution in [0.4, 0.5) is 4.79 Å². The Bertz CT molecular complexity index is 548. The molecule has 2 fully saturated rings. The minimum Gasteiger partial charge on any atom is -0.469 e. The van der Waals surface area contributed by atoms with Gasteiger partial charge >= 0.3 is 24.0 Å². The van der Waals surface area contributed by atoms with Gasteiger partial charge in [-0.1, -0.05) is 0 Å². The standard InChI is InChI=1S/C14H19NO9/c1-5(16)22-9-7(13(18)20-3)8(15-14(19)21-4)10(23-6(2)17)12-11(9)24-12/h7-12H,1-4H3,(H,15,19)/t7-,8+,9+,10+,11-,12+/m0/s1. The summed E-state index contributed by atoms with van der Waals surface area (Å²) >= 11 is 0. The van der Waals surface area contributed by atoms with Gasteiger partial charge in [0.15, 0.2) is 6.10 Å². The number of hydrogen-bond acceptors (Lipinski definition) is 9. The van der Waals surface area contributed by atoms with Gasteiger partial charge in [0.25, 0.3) is 0 Å². The minimum absolute atomic E-state index is 0.610. The van der Waals surface area contributed by atoms with Gasteiger partial charge in [0.2, 0.25) is 0 Å². The highest BCUT2D eigenvalue weighted by atomic mass is 16.7. The van der Waals surface area contributed by atoms with E-state index in [1.807, 2.05) is 0 Å². The average Bonchev–Trinajstić information content (AvgIpc) is 3.29. The molecule has 0 aromatic rings. The summed E-state index contributed by atoms with van der Waals surface area (Å²) in [7, 11) is 2.30. The van der Waals surface area contributed by atoms with Gasteiger partial charge in [-0.05, 0) is 0 Å². The molecule has 1 N–H and O–H groups in total. The fourth-order valence-corrected chi connectivity index (χ4v) is 2.93. The number of alkyl carbamates (subject to hydrolysis) is 1. The summed E-state index contributed by atoms with van der Waals surface area (Å²) in [5.74, 6) is -3.09. The number of carbonyl (C=O) groups is 4. The third-order valence-electron chi connectivity index (χ3n) is 3.85. The van der Waals surface area contributed by atoms with E-state index in [1.54, 1.807) is 0 Å². The van der Waals surface area contributed by atoms with E-state index in [-0.39, 0.29) is 0 Å². The van der Waals surface area contributed by atoms with Gasteiger partial charge < -0.3 is 29.0 Å². The lowest BCUT2D eigenvalue weighted by Crippen LogP contribution is -2.62. The lowest BCUT2D eigenvalue weighted by Gasteiger charge is -2.37. The molecule has 0 spiro atoms. The molecule has 0 unspecified atom stereocenters. The van der Waals surface area contributed by atoms with Crippen LogP contribution in [0.25, 0.3) is 0 Å². The van der Waals surface area contributed by atoms with Gasteiger partial charge in [0, 0.05) is 13.8 Å². The molecule has 0 radical (unpaired) electrons. The topological polar surface area (TPSA) is 130 Å². The number of rotatable bonds is 4. The second-order valence-corrected chi connectivity index (χ2v) is 5.42. The predicted octanol–water partition coefficient (Wildman–Crippen LogP) is -0.855. The first kappa shape index (κ1) is 18.0. The number of epoxide rings is 1. The van der Waals surface area contributed by atoms with Gasteiger partial charge in [0.05, 0.1) is 20.3 Å². The van der Waals surface area contributed by atoms with Crippen molar-refractivity contribution in [1.82, 2.24) is 5.32 Å². The van der Waals surface area contributed by atoms with E-state index in [0.29, 0.717) is 0 Å². The van der Waals surface area contributed by atoms with E-state index in [1.165, 1.54) is 13.8 Å². The van der Waals surface area contributed by atoms with Gasteiger partial charge in [0.1, 0.15) is 24.2 Å². The Hall–Kier alpha value is -2.36. The first-order chi connectivity index (χ1) is 11.3. The van der Waals surface area contributed by atoms with Gasteiger partial charge in [-0.2, -0.15) is 0 Å². The number of methoxy groups -OCH3 is 2. The third-order valence-corrected chi connectivity index (χ3v) is 3.85. The molecule has 24 heavy (non-hydrogen) atoms. The van der Waals surface area contributed by atoms with Crippen LogP contribution in [-0.4, -0.2) is 68.7 Å². The number of hydrogen-bond donors (Lipinski definition) is 1. The Labute approximate surface area is 137 Å². The lowest BCUT2D eigenvalue weighted by molar-refractivity contribution is -0.170. The third kappa shape index (κ3) is 3.58. The second kappa shape index (κ2) is 7.04. The summed E-state index contributed by atoms with van der Waals surface area (Å²) in [6.45, 7) is 2.38. The van der Waals surface area contributed by atoms with Crippen LogP contribution in [0.5, 0.6) is 0 Å². The number of amides is 1. The van der Waals surface area contributed by atoms with Crippen molar-refractivity contribution in [2.75, 3.05) is 14.2 Å². The molecular weight excluding hydrogens is 326 g/mol. The van der Waals surface area contributed by atoms with Crippen molar-refractivity contribution in [3.05, 3.63) is 0 Å². The molecule has 0 aromatic carbocycles. The number of carbonyl (C=O) groups excluding carboxylic acids is 4. The highest BCUT2D eigenvalue weighted by Crippen LogP contribution is 2.43. The number of ether oxygens (including phenoxy) is 5. The predicted molar refractivity (Wildman–Crippen MR) is 74.6 cm³/mol. The van der Waals surface area contributed by atoms with Crippen LogP contribution in [0.2, 0.25) is 0 Å². The normalized spacial score (nSPS) is 33.5. The molecule has 134 valence electrons. The number of esters is 3. The minimum atomic E-state index is -1.12. The maximum absolute atomic E-state index is 12.2. The van der Waals surface area contributed by atoms with Crippen LogP contribution >= 0.6 is 0 Å². The molecule has 10 heteroatoms. The first-order valence-electron chi connectivity index (χ1n) is 7.22. The van der Waals surface area contributed by atoms with Crippen molar-refractivity contribution < 1.29 is 42.9 Å². The summed E-state index contributed by atoms with van der Waals surface area (Å²) in [6.07, 6.45) is -4.00. The molecule has 1 aliphatic carbocycles. The van der Waals surface area contributed by atoms with Crippen molar-refractivity contribution in [2.45, 2.75) is 44.3 Å². The molecule has 2 rings (SSSR count). The summed E-state index contributed by atoms with van der Waals surface area (Å²) in [5.41, 5.74) is 0. The SMILES string of the molecule is COC(=O)N[C@H]1[C@@H](OC(C)=O)[C@H]2O[C@H]2[C@H](OC(C)=O)[C@H]1C(=O)OC. The van der Waals surface area contributed by atoms with Gasteiger partial charge in [-0.3, -0.25) is 14.4 Å². The van der Waals surface area contributed by atoms with Crippen LogP contribution in [-0.2, 0) is 38.1 Å². The first-order valence-corrected chi connectivity index (χ1v) is 7.22. The fourth-order valence-electron chi connectivity index (χ4n) is 2.93. The van der Waals surface area contributed by atoms with Crippen LogP contribution in [0.1, 0.15) is 13.8 Å². The summed E-state index contributed by atoms with van der Waals surface area (Å²) in [5, 5.41) is 2.44. The lowest BCUT2D eigenvalue weighted by atomic mass is 9.79. The average molecular weight is 345 g/mol. The monoisotopic (exact) mass is 345 g/mol. The van der Waals surface area contributed by atoms with E-state index in [2.05, 4.69) is 10.1 Å². The Balaban J connectivity index is 2.36. The Kier molecular flexibility index (Phi) is 5.27. The molecule has 6 atom stereocenters. The van der Waals surface area contributed by atoms with Crippen LogP contribution < -0.4 is 5.32 Å². The molecular formula is C14H19NO9. The summed E-state index contributed by atoms with van der Waals surface area (Å²) in [4.78, 5) is 46.6. The zero-order valence-corrected chi connectivity index (χ0v) is 13.6. The summed E-state index contributed by atoms with van der Waals surface area (Å²) in [6, 6.07) is -1.04. The van der Waals surface area contributed by atoms with Crippen molar-refractivity contribution in [2.24, 2.45) is 5.92 Å². The van der Waals surface area contributed by atoms with Gasteiger partial charge in [-0.25, -0.2) is 4.79 Å². The van der Waals surface area contributed by atoms with Crippen LogP contribution in [0.3, 0.4) is 0 Å². The van der Waals surface area contributed by atoms with Crippen LogP contribution in [0.15, 0.2) is 0 Å². The molecule has 0 aromatic heterocycles. The molecule has 1 saturated carbocycles. The van der Waals surface area contributed by atoms with E-state index in [0.717, 1.165) is 14.2 Å². The summed E-state index contributed by atoms with van der Waals surface area (Å²) < 4.78 is 25.1. The van der Waals surface area contributed by atoms with E-state index in [9.17, 15) is 19.2 Å². The second-order valence-electron chi connectivity index (χ2n) is 5.42. The number of fused-ring (bicyclic) bond motifs is 1. The maximum Gasteiger partial charge on any atom is 0.407 e. The smallest absolute Gasteiger partial charge is 0.407 e. The van der Waals surface area contributed by atoms with E-state index in [4.69, 9.17) is 18.9 Å². The van der Waals surface area contributed by atoms with Crippen molar-refractivity contribution >= 4 is 24.0 Å². The molecule has 1 heterocycles. The highest BCUT2D eigenvalue weighted by Gasteiger charge is 2.66. The van der Waals surface area contributed by atoms with Crippen molar-refractivity contribution in [3.63, 3.8) is 0 Å².